The van der Waals surface area contributed by atoms with Crippen LogP contribution in [0, 0.1) is 6.92 Å². The smallest absolute Gasteiger partial charge is 0.156 e. The Balaban J connectivity index is 1.56. The van der Waals surface area contributed by atoms with Crippen molar-refractivity contribution in [2.45, 2.75) is 37.3 Å². The normalized spacial score (nSPS) is 12.5. The van der Waals surface area contributed by atoms with Crippen LogP contribution in [0.5, 0.6) is 5.75 Å². The quantitative estimate of drug-likeness (QED) is 0.239. The Labute approximate surface area is 191 Å². The number of phenols is 1. The minimum Gasteiger partial charge on any atom is -0.505 e. The topological polar surface area (TPSA) is 50.9 Å². The molecule has 6 heteroatoms. The number of fused-ring (bicyclic) bond motifs is 1. The molecule has 1 heterocycles. The van der Waals surface area contributed by atoms with Gasteiger partial charge in [-0.25, -0.2) is 0 Å². The summed E-state index contributed by atoms with van der Waals surface area (Å²) < 4.78 is 0. The van der Waals surface area contributed by atoms with Gasteiger partial charge in [0.25, 0.3) is 0 Å². The molecule has 1 aromatic heterocycles. The number of unbranched alkanes of at least 4 members (excludes halogenated alkanes) is 1. The zero-order chi connectivity index (χ0) is 21.6. The number of allylic oxidation sites excluding steroid dienone is 1. The molecule has 0 atom stereocenters. The SMILES string of the molecule is CCCCSc1cc(C)cc(-n2nc3c(n2)C=CC(SCc2ccccc2)=C=C3)c1O. The summed E-state index contributed by atoms with van der Waals surface area (Å²) in [4.78, 5) is 3.45. The molecule has 1 aliphatic rings. The lowest BCUT2D eigenvalue weighted by Gasteiger charge is -2.10. The van der Waals surface area contributed by atoms with Gasteiger partial charge in [-0.1, -0.05) is 43.7 Å². The van der Waals surface area contributed by atoms with E-state index in [1.165, 1.54) is 10.4 Å². The number of thioether (sulfide) groups is 2. The molecule has 31 heavy (non-hydrogen) atoms. The number of rotatable bonds is 8. The van der Waals surface area contributed by atoms with Gasteiger partial charge < -0.3 is 5.11 Å². The number of hydrogen-bond donors (Lipinski definition) is 1. The van der Waals surface area contributed by atoms with Crippen LogP contribution in [0.2, 0.25) is 0 Å². The fraction of sp³-hybridized carbons (Fsp3) is 0.240. The number of aromatic hydroxyl groups is 1. The largest absolute Gasteiger partial charge is 0.505 e. The van der Waals surface area contributed by atoms with E-state index in [2.05, 4.69) is 47.1 Å². The second-order valence-electron chi connectivity index (χ2n) is 7.35. The van der Waals surface area contributed by atoms with E-state index in [4.69, 9.17) is 0 Å². The number of hydrogen-bond acceptors (Lipinski definition) is 5. The molecule has 0 aliphatic heterocycles. The third-order valence-corrected chi connectivity index (χ3v) is 6.98. The molecule has 1 N–H and O–H groups in total. The molecule has 0 saturated carbocycles. The Kier molecular flexibility index (Phi) is 7.03. The first-order valence-corrected chi connectivity index (χ1v) is 12.4. The standard InChI is InChI=1S/C25H25N3OS2/c1-3-4-14-30-24-16-18(2)15-23(25(24)29)28-26-21-12-10-20(11-13-22(21)27-28)31-17-19-8-6-5-7-9-19/h5-10,12-13,15-16,29H,3-4,14,17H2,1-2H3. The Morgan fingerprint density at radius 1 is 1.03 bits per heavy atom. The van der Waals surface area contributed by atoms with E-state index < -0.39 is 0 Å². The molecular weight excluding hydrogens is 422 g/mol. The lowest BCUT2D eigenvalue weighted by Crippen LogP contribution is -2.01. The van der Waals surface area contributed by atoms with Gasteiger partial charge in [0, 0.05) is 16.7 Å². The van der Waals surface area contributed by atoms with Crippen molar-refractivity contribution in [1.29, 1.82) is 0 Å². The van der Waals surface area contributed by atoms with E-state index in [1.807, 2.05) is 43.4 Å². The minimum atomic E-state index is 0.236. The second-order valence-corrected chi connectivity index (χ2v) is 9.51. The van der Waals surface area contributed by atoms with Crippen LogP contribution in [-0.4, -0.2) is 25.9 Å². The highest BCUT2D eigenvalue weighted by Crippen LogP contribution is 2.35. The fourth-order valence-corrected chi connectivity index (χ4v) is 5.13. The molecule has 1 aliphatic carbocycles. The summed E-state index contributed by atoms with van der Waals surface area (Å²) >= 11 is 3.41. The zero-order valence-electron chi connectivity index (χ0n) is 17.7. The maximum atomic E-state index is 10.8. The van der Waals surface area contributed by atoms with E-state index in [0.29, 0.717) is 5.69 Å². The van der Waals surface area contributed by atoms with E-state index in [1.54, 1.807) is 23.5 Å². The molecule has 3 aromatic rings. The van der Waals surface area contributed by atoms with E-state index in [9.17, 15) is 5.11 Å². The van der Waals surface area contributed by atoms with Gasteiger partial charge in [-0.2, -0.15) is 0 Å². The summed E-state index contributed by atoms with van der Waals surface area (Å²) in [6, 6.07) is 14.3. The molecular formula is C25H25N3OS2. The van der Waals surface area contributed by atoms with Crippen molar-refractivity contribution in [2.75, 3.05) is 5.75 Å². The third kappa shape index (κ3) is 5.34. The maximum Gasteiger partial charge on any atom is 0.156 e. The van der Waals surface area contributed by atoms with Gasteiger partial charge in [0.1, 0.15) is 17.1 Å². The van der Waals surface area contributed by atoms with Crippen LogP contribution in [0.4, 0.5) is 0 Å². The Bertz CT molecular complexity index is 1160. The van der Waals surface area contributed by atoms with Crippen molar-refractivity contribution in [1.82, 2.24) is 15.0 Å². The molecule has 0 saturated heterocycles. The molecule has 0 spiro atoms. The molecule has 0 fully saturated rings. The predicted octanol–water partition coefficient (Wildman–Crippen LogP) is 6.63. The van der Waals surface area contributed by atoms with Gasteiger partial charge in [-0.05, 0) is 54.5 Å². The van der Waals surface area contributed by atoms with Gasteiger partial charge in [0.05, 0.1) is 4.90 Å². The highest BCUT2D eigenvalue weighted by molar-refractivity contribution is 8.02. The van der Waals surface area contributed by atoms with Crippen LogP contribution < -0.4 is 0 Å². The Hall–Kier alpha value is -2.66. The number of aryl methyl sites for hydroxylation is 1. The average Bonchev–Trinajstić information content (AvgIpc) is 3.09. The van der Waals surface area contributed by atoms with Crippen molar-refractivity contribution < 1.29 is 5.11 Å². The van der Waals surface area contributed by atoms with Crippen molar-refractivity contribution in [2.24, 2.45) is 0 Å². The highest BCUT2D eigenvalue weighted by Gasteiger charge is 2.16. The molecule has 158 valence electrons. The monoisotopic (exact) mass is 447 g/mol. The lowest BCUT2D eigenvalue weighted by molar-refractivity contribution is 0.454. The van der Waals surface area contributed by atoms with Crippen LogP contribution in [-0.2, 0) is 5.75 Å². The first-order chi connectivity index (χ1) is 15.1. The summed E-state index contributed by atoms with van der Waals surface area (Å²) in [5.74, 6) is 2.11. The van der Waals surface area contributed by atoms with Crippen molar-refractivity contribution in [3.8, 4) is 11.4 Å². The van der Waals surface area contributed by atoms with Gasteiger partial charge in [-0.15, -0.1) is 44.2 Å². The van der Waals surface area contributed by atoms with Crippen LogP contribution >= 0.6 is 23.5 Å². The molecule has 0 bridgehead atoms. The van der Waals surface area contributed by atoms with Gasteiger partial charge >= 0.3 is 0 Å². The number of nitrogens with zero attached hydrogens (tertiary/aromatic N) is 3. The van der Waals surface area contributed by atoms with Crippen molar-refractivity contribution in [3.05, 3.63) is 81.7 Å². The van der Waals surface area contributed by atoms with Gasteiger partial charge in [-0.3, -0.25) is 0 Å². The predicted molar refractivity (Wildman–Crippen MR) is 132 cm³/mol. The van der Waals surface area contributed by atoms with Crippen LogP contribution in [0.15, 0.2) is 64.1 Å². The highest BCUT2D eigenvalue weighted by atomic mass is 32.2. The summed E-state index contributed by atoms with van der Waals surface area (Å²) in [6.07, 6.45) is 8.12. The van der Waals surface area contributed by atoms with Crippen molar-refractivity contribution in [3.63, 3.8) is 0 Å². The summed E-state index contributed by atoms with van der Waals surface area (Å²) in [7, 11) is 0. The zero-order valence-corrected chi connectivity index (χ0v) is 19.3. The van der Waals surface area contributed by atoms with Crippen LogP contribution in [0.3, 0.4) is 0 Å². The molecule has 0 unspecified atom stereocenters. The second kappa shape index (κ2) is 10.1. The fourth-order valence-electron chi connectivity index (χ4n) is 3.14. The third-order valence-electron chi connectivity index (χ3n) is 4.82. The maximum absolute atomic E-state index is 10.8. The van der Waals surface area contributed by atoms with E-state index >= 15 is 0 Å². The Morgan fingerprint density at radius 3 is 2.65 bits per heavy atom. The molecule has 2 aromatic carbocycles. The molecule has 4 nitrogen and oxygen atoms in total. The lowest BCUT2D eigenvalue weighted by atomic mass is 10.2. The minimum absolute atomic E-state index is 0.236. The number of aromatic nitrogens is 3. The van der Waals surface area contributed by atoms with Gasteiger partial charge in [0.2, 0.25) is 0 Å². The average molecular weight is 448 g/mol. The van der Waals surface area contributed by atoms with Crippen molar-refractivity contribution >= 4 is 35.7 Å². The van der Waals surface area contributed by atoms with Gasteiger partial charge in [0.15, 0.2) is 5.75 Å². The van der Waals surface area contributed by atoms with Crippen LogP contribution in [0.25, 0.3) is 17.8 Å². The van der Waals surface area contributed by atoms with E-state index in [0.717, 1.165) is 51.1 Å². The summed E-state index contributed by atoms with van der Waals surface area (Å²) in [6.45, 7) is 4.20. The van der Waals surface area contributed by atoms with Crippen LogP contribution in [0.1, 0.15) is 42.3 Å². The number of benzene rings is 2. The van der Waals surface area contributed by atoms with E-state index in [-0.39, 0.29) is 5.75 Å². The Morgan fingerprint density at radius 2 is 1.84 bits per heavy atom. The first-order valence-electron chi connectivity index (χ1n) is 10.4. The summed E-state index contributed by atoms with van der Waals surface area (Å²) in [5, 5.41) is 20.1. The molecule has 0 amide bonds. The molecule has 4 rings (SSSR count). The number of phenolic OH excluding ortho intramolecular Hbond substituents is 1. The summed E-state index contributed by atoms with van der Waals surface area (Å²) in [5.41, 5.74) is 7.80. The molecule has 0 radical (unpaired) electrons. The first kappa shape index (κ1) is 21.6.